The minimum atomic E-state index is -0.648. The van der Waals surface area contributed by atoms with Gasteiger partial charge in [0.2, 0.25) is 0 Å². The summed E-state index contributed by atoms with van der Waals surface area (Å²) in [6.07, 6.45) is 14.6. The molecule has 0 aliphatic heterocycles. The van der Waals surface area contributed by atoms with Gasteiger partial charge in [0.25, 0.3) is 0 Å². The quantitative estimate of drug-likeness (QED) is 0.121. The Morgan fingerprint density at radius 2 is 1.74 bits per heavy atom. The highest BCUT2D eigenvalue weighted by molar-refractivity contribution is 9.11. The van der Waals surface area contributed by atoms with Crippen LogP contribution in [-0.4, -0.2) is 63.4 Å². The van der Waals surface area contributed by atoms with Gasteiger partial charge in [-0.2, -0.15) is 9.61 Å². The molecule has 16 heteroatoms. The standard InChI is InChI=1S/C20H24BrN5O.C17H17BrClN5O2/c21-16-7-9-26-19(23-12-14-4-3-8-22-11-14)10-18(25-20(16)26)24-17-6-2-1-5-15(17)13-27;1-17(2,3)26-16(25)23(10-11-5-4-6-20-8-11)14-7-13(19)22-15-12(18)9-21-24(14)15/h3-4,7-11,15,17,23,27H,1-2,5-6,12-13H2,(H,24,25);4-9H,10H2,1-3H3/t15-,17-;/m1./s1. The van der Waals surface area contributed by atoms with Crippen molar-refractivity contribution < 1.29 is 14.6 Å². The summed E-state index contributed by atoms with van der Waals surface area (Å²) in [5.74, 6) is 2.54. The molecule has 0 spiro atoms. The third-order valence-electron chi connectivity index (χ3n) is 8.58. The molecule has 0 aromatic carbocycles. The molecule has 1 aliphatic rings. The van der Waals surface area contributed by atoms with Crippen molar-refractivity contribution in [3.05, 3.63) is 105 Å². The molecule has 6 aromatic rings. The fraction of sp³-hybridized carbons (Fsp3) is 0.351. The Labute approximate surface area is 329 Å². The van der Waals surface area contributed by atoms with Gasteiger partial charge in [-0.1, -0.05) is 36.6 Å². The molecule has 0 bridgehead atoms. The average Bonchev–Trinajstić information content (AvgIpc) is 3.71. The number of carbonyl (C=O) groups excluding carboxylic acids is 1. The number of halogens is 3. The first kappa shape index (κ1) is 38.4. The lowest BCUT2D eigenvalue weighted by Crippen LogP contribution is -2.37. The van der Waals surface area contributed by atoms with Crippen molar-refractivity contribution in [3.63, 3.8) is 0 Å². The summed E-state index contributed by atoms with van der Waals surface area (Å²) in [7, 11) is 0. The van der Waals surface area contributed by atoms with E-state index in [0.29, 0.717) is 28.4 Å². The normalized spacial score (nSPS) is 15.8. The van der Waals surface area contributed by atoms with Gasteiger partial charge in [0, 0.05) is 68.2 Å². The first-order valence-electron chi connectivity index (χ1n) is 17.3. The van der Waals surface area contributed by atoms with Crippen LogP contribution < -0.4 is 15.5 Å². The maximum Gasteiger partial charge on any atom is 0.416 e. The lowest BCUT2D eigenvalue weighted by Gasteiger charge is -2.31. The molecule has 13 nitrogen and oxygen atoms in total. The summed E-state index contributed by atoms with van der Waals surface area (Å²) in [6.45, 7) is 6.59. The molecule has 6 aromatic heterocycles. The molecule has 0 radical (unpaired) electrons. The van der Waals surface area contributed by atoms with Crippen LogP contribution in [0, 0.1) is 5.92 Å². The van der Waals surface area contributed by atoms with Crippen LogP contribution in [0.15, 0.2) is 88.6 Å². The second-order valence-electron chi connectivity index (χ2n) is 13.7. The molecule has 6 heterocycles. The lowest BCUT2D eigenvalue weighted by molar-refractivity contribution is 0.0575. The number of nitrogens with zero attached hydrogens (tertiary/aromatic N) is 8. The van der Waals surface area contributed by atoms with Crippen LogP contribution >= 0.6 is 43.5 Å². The minimum absolute atomic E-state index is 0.223. The number of fused-ring (bicyclic) bond motifs is 2. The first-order valence-corrected chi connectivity index (χ1v) is 19.2. The minimum Gasteiger partial charge on any atom is -0.443 e. The second kappa shape index (κ2) is 17.2. The number of amides is 1. The number of hydrogen-bond donors (Lipinski definition) is 3. The molecule has 1 saturated carbocycles. The van der Waals surface area contributed by atoms with Crippen LogP contribution in [-0.2, 0) is 17.8 Å². The van der Waals surface area contributed by atoms with Crippen molar-refractivity contribution in [2.24, 2.45) is 5.92 Å². The largest absolute Gasteiger partial charge is 0.443 e. The molecule has 1 amide bonds. The predicted octanol–water partition coefficient (Wildman–Crippen LogP) is 8.55. The van der Waals surface area contributed by atoms with Gasteiger partial charge < -0.3 is 20.5 Å². The fourth-order valence-corrected chi connectivity index (χ4v) is 7.00. The van der Waals surface area contributed by atoms with E-state index in [1.165, 1.54) is 22.3 Å². The molecule has 0 saturated heterocycles. The van der Waals surface area contributed by atoms with E-state index >= 15 is 0 Å². The summed E-state index contributed by atoms with van der Waals surface area (Å²) < 4.78 is 10.8. The Balaban J connectivity index is 0.000000182. The van der Waals surface area contributed by atoms with E-state index in [9.17, 15) is 9.90 Å². The fourth-order valence-electron chi connectivity index (χ4n) is 6.07. The number of anilines is 3. The van der Waals surface area contributed by atoms with Crippen molar-refractivity contribution in [1.82, 2.24) is 34.0 Å². The summed E-state index contributed by atoms with van der Waals surface area (Å²) in [4.78, 5) is 31.7. The predicted molar refractivity (Wildman–Crippen MR) is 213 cm³/mol. The van der Waals surface area contributed by atoms with Crippen molar-refractivity contribution in [2.75, 3.05) is 22.1 Å². The molecule has 7 rings (SSSR count). The average molecular weight is 869 g/mol. The Bertz CT molecular complexity index is 2140. The summed E-state index contributed by atoms with van der Waals surface area (Å²) in [5, 5.41) is 21.3. The molecule has 1 aliphatic carbocycles. The molecular formula is C37H41Br2ClN10O3. The van der Waals surface area contributed by atoms with Gasteiger partial charge in [-0.25, -0.2) is 14.8 Å². The summed E-state index contributed by atoms with van der Waals surface area (Å²) in [6, 6.07) is 13.6. The van der Waals surface area contributed by atoms with Gasteiger partial charge in [0.05, 0.1) is 21.7 Å². The Kier molecular flexibility index (Phi) is 12.5. The van der Waals surface area contributed by atoms with Crippen molar-refractivity contribution in [2.45, 2.75) is 71.2 Å². The van der Waals surface area contributed by atoms with E-state index in [1.807, 2.05) is 67.9 Å². The van der Waals surface area contributed by atoms with E-state index in [2.05, 4.69) is 68.6 Å². The smallest absolute Gasteiger partial charge is 0.416 e. The number of carbonyl (C=O) groups is 1. The number of aliphatic hydroxyl groups is 1. The number of aliphatic hydroxyl groups excluding tert-OH is 1. The number of aromatic nitrogens is 7. The van der Waals surface area contributed by atoms with Crippen LogP contribution in [0.25, 0.3) is 11.3 Å². The number of ether oxygens (including phenoxy) is 1. The van der Waals surface area contributed by atoms with Gasteiger partial charge in [-0.3, -0.25) is 19.3 Å². The zero-order valence-electron chi connectivity index (χ0n) is 29.6. The van der Waals surface area contributed by atoms with Crippen LogP contribution in [0.2, 0.25) is 5.15 Å². The van der Waals surface area contributed by atoms with Crippen molar-refractivity contribution in [3.8, 4) is 0 Å². The SMILES string of the molecule is CC(C)(C)OC(=O)N(Cc1cccnc1)c1cc(Cl)nc2c(Br)cnn12.OC[C@H]1CCCC[C@H]1Nc1cc(NCc2cccnc2)n2ccc(Br)c2n1. The van der Waals surface area contributed by atoms with E-state index in [0.717, 1.165) is 45.7 Å². The zero-order chi connectivity index (χ0) is 37.5. The summed E-state index contributed by atoms with van der Waals surface area (Å²) >= 11 is 13.2. The van der Waals surface area contributed by atoms with E-state index in [1.54, 1.807) is 30.9 Å². The maximum atomic E-state index is 12.9. The van der Waals surface area contributed by atoms with Crippen molar-refractivity contribution in [1.29, 1.82) is 0 Å². The lowest BCUT2D eigenvalue weighted by atomic mass is 9.85. The first-order chi connectivity index (χ1) is 25.5. The van der Waals surface area contributed by atoms with Crippen LogP contribution in [0.1, 0.15) is 57.6 Å². The van der Waals surface area contributed by atoms with Crippen molar-refractivity contribution >= 4 is 78.3 Å². The van der Waals surface area contributed by atoms with Crippen LogP contribution in [0.3, 0.4) is 0 Å². The van der Waals surface area contributed by atoms with Gasteiger partial charge >= 0.3 is 6.09 Å². The number of rotatable bonds is 9. The Morgan fingerprint density at radius 3 is 2.43 bits per heavy atom. The van der Waals surface area contributed by atoms with E-state index in [4.69, 9.17) is 21.3 Å². The third-order valence-corrected chi connectivity index (χ3v) is 9.95. The van der Waals surface area contributed by atoms with E-state index in [-0.39, 0.29) is 24.3 Å². The monoisotopic (exact) mass is 866 g/mol. The highest BCUT2D eigenvalue weighted by atomic mass is 79.9. The van der Waals surface area contributed by atoms with Crippen LogP contribution in [0.5, 0.6) is 0 Å². The van der Waals surface area contributed by atoms with E-state index < -0.39 is 11.7 Å². The second-order valence-corrected chi connectivity index (χ2v) is 15.8. The number of pyridine rings is 2. The Hall–Kier alpha value is -4.31. The third kappa shape index (κ3) is 9.82. The molecule has 53 heavy (non-hydrogen) atoms. The van der Waals surface area contributed by atoms with Gasteiger partial charge in [0.15, 0.2) is 11.3 Å². The van der Waals surface area contributed by atoms with Gasteiger partial charge in [-0.15, -0.1) is 0 Å². The molecule has 1 fully saturated rings. The summed E-state index contributed by atoms with van der Waals surface area (Å²) in [5.41, 5.74) is 2.68. The molecular weight excluding hydrogens is 828 g/mol. The maximum absolute atomic E-state index is 12.9. The Morgan fingerprint density at radius 1 is 1.00 bits per heavy atom. The highest BCUT2D eigenvalue weighted by Crippen LogP contribution is 2.30. The number of hydrogen-bond acceptors (Lipinski definition) is 10. The molecule has 3 N–H and O–H groups in total. The van der Waals surface area contributed by atoms with Gasteiger partial charge in [-0.05, 0) is 94.8 Å². The zero-order valence-corrected chi connectivity index (χ0v) is 33.5. The highest BCUT2D eigenvalue weighted by Gasteiger charge is 2.27. The number of nitrogens with one attached hydrogen (secondary N) is 2. The molecule has 0 unspecified atom stereocenters. The van der Waals surface area contributed by atoms with Gasteiger partial charge in [0.1, 0.15) is 28.2 Å². The molecule has 2 atom stereocenters. The topological polar surface area (TPSA) is 147 Å². The van der Waals surface area contributed by atoms with Crippen LogP contribution in [0.4, 0.5) is 22.2 Å². The molecule has 278 valence electrons.